The molecule has 0 bridgehead atoms. The third-order valence-electron chi connectivity index (χ3n) is 5.51. The summed E-state index contributed by atoms with van der Waals surface area (Å²) in [6.07, 6.45) is 8.28. The summed E-state index contributed by atoms with van der Waals surface area (Å²) in [7, 11) is 0. The molecule has 1 saturated carbocycles. The van der Waals surface area contributed by atoms with Crippen LogP contribution in [0.3, 0.4) is 0 Å². The molecule has 2 aliphatic carbocycles. The number of hydrogen-bond donors (Lipinski definition) is 1. The van der Waals surface area contributed by atoms with E-state index in [0.717, 1.165) is 54.2 Å². The van der Waals surface area contributed by atoms with Gasteiger partial charge in [-0.3, -0.25) is 4.79 Å². The van der Waals surface area contributed by atoms with Gasteiger partial charge in [-0.1, -0.05) is 19.3 Å². The molecule has 0 saturated heterocycles. The van der Waals surface area contributed by atoms with Crippen LogP contribution in [-0.2, 0) is 17.6 Å². The fourth-order valence-electron chi connectivity index (χ4n) is 4.28. The van der Waals surface area contributed by atoms with E-state index in [4.69, 9.17) is 9.15 Å². The van der Waals surface area contributed by atoms with Crippen molar-refractivity contribution in [1.82, 2.24) is 5.32 Å². The second-order valence-electron chi connectivity index (χ2n) is 7.53. The van der Waals surface area contributed by atoms with Gasteiger partial charge in [-0.05, 0) is 62.3 Å². The van der Waals surface area contributed by atoms with Gasteiger partial charge >= 0.3 is 5.63 Å². The van der Waals surface area contributed by atoms with E-state index in [1.54, 1.807) is 0 Å². The van der Waals surface area contributed by atoms with Crippen molar-refractivity contribution >= 4 is 16.9 Å². The first-order valence-electron chi connectivity index (χ1n) is 9.63. The molecule has 1 amide bonds. The topological polar surface area (TPSA) is 68.5 Å². The maximum absolute atomic E-state index is 12.3. The third kappa shape index (κ3) is 3.35. The predicted molar refractivity (Wildman–Crippen MR) is 99.8 cm³/mol. The fourth-order valence-corrected chi connectivity index (χ4v) is 4.28. The normalized spacial score (nSPS) is 17.3. The molecule has 1 aromatic carbocycles. The van der Waals surface area contributed by atoms with Crippen LogP contribution in [0.1, 0.15) is 55.2 Å². The van der Waals surface area contributed by atoms with Gasteiger partial charge in [-0.15, -0.1) is 0 Å². The van der Waals surface area contributed by atoms with Crippen LogP contribution in [0.25, 0.3) is 11.0 Å². The van der Waals surface area contributed by atoms with Gasteiger partial charge in [-0.2, -0.15) is 0 Å². The third-order valence-corrected chi connectivity index (χ3v) is 5.51. The molecule has 0 spiro atoms. The van der Waals surface area contributed by atoms with E-state index in [2.05, 4.69) is 5.32 Å². The number of aryl methyl sites for hydroxylation is 2. The minimum atomic E-state index is -0.239. The molecule has 5 heteroatoms. The molecule has 2 aromatic rings. The van der Waals surface area contributed by atoms with Crippen molar-refractivity contribution in [3.8, 4) is 5.75 Å². The summed E-state index contributed by atoms with van der Waals surface area (Å²) >= 11 is 0. The molecule has 26 heavy (non-hydrogen) atoms. The Morgan fingerprint density at radius 3 is 2.73 bits per heavy atom. The number of rotatable bonds is 4. The van der Waals surface area contributed by atoms with Crippen LogP contribution in [0.15, 0.2) is 21.3 Å². The van der Waals surface area contributed by atoms with Crippen molar-refractivity contribution in [2.24, 2.45) is 0 Å². The lowest BCUT2D eigenvalue weighted by atomic mass is 9.95. The number of hydrogen-bond acceptors (Lipinski definition) is 4. The Morgan fingerprint density at radius 2 is 1.92 bits per heavy atom. The molecule has 0 radical (unpaired) electrons. The van der Waals surface area contributed by atoms with E-state index < -0.39 is 0 Å². The standard InChI is InChI=1S/C21H25NO4/c1-13-10-17(25-12-19(23)22-14-6-3-2-4-7-14)20-15-8-5-9-16(15)21(24)26-18(20)11-13/h10-11,14H,2-9,12H2,1H3,(H,22,23). The van der Waals surface area contributed by atoms with E-state index in [1.165, 1.54) is 19.3 Å². The summed E-state index contributed by atoms with van der Waals surface area (Å²) in [5, 5.41) is 3.93. The zero-order chi connectivity index (χ0) is 18.1. The molecule has 1 fully saturated rings. The highest BCUT2D eigenvalue weighted by molar-refractivity contribution is 5.89. The van der Waals surface area contributed by atoms with Crippen molar-refractivity contribution in [1.29, 1.82) is 0 Å². The predicted octanol–water partition coefficient (Wildman–Crippen LogP) is 3.42. The van der Waals surface area contributed by atoms with E-state index in [9.17, 15) is 9.59 Å². The molecular weight excluding hydrogens is 330 g/mol. The number of amides is 1. The average molecular weight is 355 g/mol. The van der Waals surface area contributed by atoms with E-state index >= 15 is 0 Å². The molecule has 138 valence electrons. The average Bonchev–Trinajstić information content (AvgIpc) is 3.10. The zero-order valence-electron chi connectivity index (χ0n) is 15.2. The highest BCUT2D eigenvalue weighted by Gasteiger charge is 2.23. The Balaban J connectivity index is 1.57. The lowest BCUT2D eigenvalue weighted by molar-refractivity contribution is -0.124. The van der Waals surface area contributed by atoms with Crippen molar-refractivity contribution in [3.05, 3.63) is 39.2 Å². The summed E-state index contributed by atoms with van der Waals surface area (Å²) in [5.41, 5.74) is 3.05. The largest absolute Gasteiger partial charge is 0.483 e. The van der Waals surface area contributed by atoms with E-state index in [-0.39, 0.29) is 24.2 Å². The minimum absolute atomic E-state index is 0.0110. The first-order valence-corrected chi connectivity index (χ1v) is 9.63. The van der Waals surface area contributed by atoms with Crippen molar-refractivity contribution in [3.63, 3.8) is 0 Å². The number of carbonyl (C=O) groups is 1. The molecule has 4 rings (SSSR count). The molecule has 1 heterocycles. The summed E-state index contributed by atoms with van der Waals surface area (Å²) in [4.78, 5) is 24.4. The zero-order valence-corrected chi connectivity index (χ0v) is 15.2. The van der Waals surface area contributed by atoms with Crippen LogP contribution in [0.5, 0.6) is 5.75 Å². The Bertz CT molecular complexity index is 893. The second-order valence-corrected chi connectivity index (χ2v) is 7.53. The molecular formula is C21H25NO4. The number of ether oxygens (including phenoxy) is 1. The molecule has 0 atom stereocenters. The number of carbonyl (C=O) groups excluding carboxylic acids is 1. The van der Waals surface area contributed by atoms with Gasteiger partial charge in [0, 0.05) is 11.6 Å². The minimum Gasteiger partial charge on any atom is -0.483 e. The monoisotopic (exact) mass is 355 g/mol. The fraction of sp³-hybridized carbons (Fsp3) is 0.524. The van der Waals surface area contributed by atoms with E-state index in [0.29, 0.717) is 11.3 Å². The first kappa shape index (κ1) is 17.1. The smallest absolute Gasteiger partial charge is 0.339 e. The molecule has 1 N–H and O–H groups in total. The first-order chi connectivity index (χ1) is 12.6. The lowest BCUT2D eigenvalue weighted by Gasteiger charge is -2.22. The summed E-state index contributed by atoms with van der Waals surface area (Å²) in [6.45, 7) is 1.92. The van der Waals surface area contributed by atoms with Crippen LogP contribution in [-0.4, -0.2) is 18.6 Å². The maximum atomic E-state index is 12.3. The summed E-state index contributed by atoms with van der Waals surface area (Å²) in [6, 6.07) is 4.07. The summed E-state index contributed by atoms with van der Waals surface area (Å²) < 4.78 is 11.4. The molecule has 5 nitrogen and oxygen atoms in total. The Morgan fingerprint density at radius 1 is 1.15 bits per heavy atom. The van der Waals surface area contributed by atoms with Gasteiger partial charge in [0.2, 0.25) is 0 Å². The lowest BCUT2D eigenvalue weighted by Crippen LogP contribution is -2.39. The second kappa shape index (κ2) is 7.14. The van der Waals surface area contributed by atoms with Gasteiger partial charge < -0.3 is 14.5 Å². The van der Waals surface area contributed by atoms with Crippen LogP contribution in [0.2, 0.25) is 0 Å². The van der Waals surface area contributed by atoms with Crippen molar-refractivity contribution in [2.75, 3.05) is 6.61 Å². The number of fused-ring (bicyclic) bond motifs is 3. The van der Waals surface area contributed by atoms with Crippen molar-refractivity contribution < 1.29 is 13.9 Å². The molecule has 1 aromatic heterocycles. The van der Waals surface area contributed by atoms with Crippen molar-refractivity contribution in [2.45, 2.75) is 64.3 Å². The Kier molecular flexibility index (Phi) is 4.70. The Hall–Kier alpha value is -2.30. The highest BCUT2D eigenvalue weighted by atomic mass is 16.5. The van der Waals surface area contributed by atoms with Gasteiger partial charge in [0.05, 0.1) is 5.39 Å². The van der Waals surface area contributed by atoms with Gasteiger partial charge in [-0.25, -0.2) is 4.79 Å². The highest BCUT2D eigenvalue weighted by Crippen LogP contribution is 2.35. The van der Waals surface area contributed by atoms with Gasteiger partial charge in [0.15, 0.2) is 6.61 Å². The maximum Gasteiger partial charge on any atom is 0.339 e. The van der Waals surface area contributed by atoms with E-state index in [1.807, 2.05) is 19.1 Å². The van der Waals surface area contributed by atoms with Crippen LogP contribution < -0.4 is 15.7 Å². The number of benzene rings is 1. The van der Waals surface area contributed by atoms with Gasteiger partial charge in [0.1, 0.15) is 11.3 Å². The summed E-state index contributed by atoms with van der Waals surface area (Å²) in [5.74, 6) is 0.557. The molecule has 2 aliphatic rings. The van der Waals surface area contributed by atoms with Crippen LogP contribution in [0, 0.1) is 6.92 Å². The molecule has 0 aliphatic heterocycles. The SMILES string of the molecule is Cc1cc(OCC(=O)NC2CCCCC2)c2c3c(c(=O)oc2c1)CCC3. The van der Waals surface area contributed by atoms with Gasteiger partial charge in [0.25, 0.3) is 5.91 Å². The quantitative estimate of drug-likeness (QED) is 0.853. The van der Waals surface area contributed by atoms with Crippen LogP contribution in [0.4, 0.5) is 0 Å². The van der Waals surface area contributed by atoms with Crippen LogP contribution >= 0.6 is 0 Å². The molecule has 0 unspecified atom stereocenters. The number of nitrogens with one attached hydrogen (secondary N) is 1. The Labute approximate surface area is 152 Å².